The predicted octanol–water partition coefficient (Wildman–Crippen LogP) is -0.643. The Bertz CT molecular complexity index is 336. The van der Waals surface area contributed by atoms with Crippen molar-refractivity contribution in [2.24, 2.45) is 16.9 Å². The molecular formula is C12H22N2O6Pt. The van der Waals surface area contributed by atoms with Crippen LogP contribution >= 0.6 is 0 Å². The summed E-state index contributed by atoms with van der Waals surface area (Å²) in [6.45, 7) is 2.80. The van der Waals surface area contributed by atoms with Crippen molar-refractivity contribution in [1.29, 1.82) is 0 Å². The van der Waals surface area contributed by atoms with Gasteiger partial charge in [0.25, 0.3) is 0 Å². The largest absolute Gasteiger partial charge is 0.480 e. The average Bonchev–Trinajstić information content (AvgIpc) is 2.67. The summed E-state index contributed by atoms with van der Waals surface area (Å²) in [7, 11) is 0. The first-order chi connectivity index (χ1) is 9.37. The minimum atomic E-state index is -1.44. The number of hydrogen-bond donors (Lipinski definition) is 4. The molecule has 2 aliphatic rings. The molecule has 6 N–H and O–H groups in total. The molecule has 1 saturated heterocycles. The molecular weight excluding hydrogens is 463 g/mol. The molecule has 0 aromatic carbocycles. The maximum atomic E-state index is 10.4. The summed E-state index contributed by atoms with van der Waals surface area (Å²) in [4.78, 5) is 20.7. The van der Waals surface area contributed by atoms with E-state index in [4.69, 9.17) is 31.2 Å². The zero-order valence-corrected chi connectivity index (χ0v) is 14.0. The first kappa shape index (κ1) is 20.5. The molecule has 0 radical (unpaired) electrons. The van der Waals surface area contributed by atoms with Gasteiger partial charge in [-0.2, -0.15) is 0 Å². The van der Waals surface area contributed by atoms with Gasteiger partial charge in [0, 0.05) is 34.2 Å². The average molecular weight is 485 g/mol. The molecule has 0 amide bonds. The first-order valence-electron chi connectivity index (χ1n) is 6.55. The van der Waals surface area contributed by atoms with Crippen LogP contribution in [0.1, 0.15) is 26.2 Å². The fourth-order valence-corrected chi connectivity index (χ4v) is 2.16. The smallest absolute Gasteiger partial charge is 0.321 e. The van der Waals surface area contributed by atoms with Gasteiger partial charge >= 0.3 is 11.9 Å². The second-order valence-corrected chi connectivity index (χ2v) is 4.93. The van der Waals surface area contributed by atoms with Crippen LogP contribution in [0.25, 0.3) is 0 Å². The Kier molecular flexibility index (Phi) is 8.58. The number of aliphatic carboxylic acids is 2. The Balaban J connectivity index is 0.000000364. The molecule has 1 saturated carbocycles. The Labute approximate surface area is 137 Å². The molecule has 2 atom stereocenters. The summed E-state index contributed by atoms with van der Waals surface area (Å²) >= 11 is 0. The maximum absolute atomic E-state index is 10.4. The van der Waals surface area contributed by atoms with Gasteiger partial charge in [-0.25, -0.2) is 0 Å². The van der Waals surface area contributed by atoms with Crippen LogP contribution in [0.5, 0.6) is 0 Å². The van der Waals surface area contributed by atoms with E-state index in [1.807, 2.05) is 6.92 Å². The summed E-state index contributed by atoms with van der Waals surface area (Å²) < 4.78 is 10.6. The van der Waals surface area contributed by atoms with Gasteiger partial charge in [-0.3, -0.25) is 9.59 Å². The summed E-state index contributed by atoms with van der Waals surface area (Å²) in [6.07, 6.45) is 1.08. The predicted molar refractivity (Wildman–Crippen MR) is 68.9 cm³/mol. The van der Waals surface area contributed by atoms with Crippen LogP contribution in [0.4, 0.5) is 0 Å². The van der Waals surface area contributed by atoms with Crippen LogP contribution in [-0.4, -0.2) is 53.7 Å². The van der Waals surface area contributed by atoms with E-state index in [-0.39, 0.29) is 52.4 Å². The van der Waals surface area contributed by atoms with Crippen molar-refractivity contribution in [3.8, 4) is 0 Å². The molecule has 2 rings (SSSR count). The van der Waals surface area contributed by atoms with Gasteiger partial charge in [-0.05, 0) is 26.2 Å². The van der Waals surface area contributed by atoms with E-state index in [1.54, 1.807) is 0 Å². The van der Waals surface area contributed by atoms with Crippen LogP contribution in [-0.2, 0) is 40.1 Å². The van der Waals surface area contributed by atoms with Gasteiger partial charge in [-0.1, -0.05) is 0 Å². The van der Waals surface area contributed by atoms with E-state index >= 15 is 0 Å². The van der Waals surface area contributed by atoms with E-state index in [2.05, 4.69) is 0 Å². The quantitative estimate of drug-likeness (QED) is 0.385. The molecule has 8 nitrogen and oxygen atoms in total. The summed E-state index contributed by atoms with van der Waals surface area (Å²) in [5.74, 6) is -2.41. The van der Waals surface area contributed by atoms with Crippen LogP contribution in [0.15, 0.2) is 0 Å². The minimum absolute atomic E-state index is 0. The summed E-state index contributed by atoms with van der Waals surface area (Å²) in [6, 6.07) is 0. The van der Waals surface area contributed by atoms with Crippen LogP contribution < -0.4 is 11.5 Å². The molecule has 1 aliphatic heterocycles. The van der Waals surface area contributed by atoms with Crippen molar-refractivity contribution in [1.82, 2.24) is 0 Å². The fourth-order valence-electron chi connectivity index (χ4n) is 2.16. The molecule has 0 bridgehead atoms. The molecule has 2 fully saturated rings. The number of hydrogen-bond acceptors (Lipinski definition) is 6. The standard InChI is InChI=1S/C6H14N2O2.C6H8O4.Pt/c1-4-9-5(2-7)6(3-8)10-4;7-4(8)6(5(9)10)2-1-3-6;/h4-6H,2-3,7-8H2,1H3;1-3H2,(H,7,8)(H,9,10);/t5-,6-;;/m0../s1. The van der Waals surface area contributed by atoms with Gasteiger partial charge < -0.3 is 31.2 Å². The maximum Gasteiger partial charge on any atom is 0.321 e. The third-order valence-electron chi connectivity index (χ3n) is 3.64. The second kappa shape index (κ2) is 8.80. The summed E-state index contributed by atoms with van der Waals surface area (Å²) in [5, 5.41) is 16.9. The number of ether oxygens (including phenoxy) is 2. The second-order valence-electron chi connectivity index (χ2n) is 4.93. The van der Waals surface area contributed by atoms with Crippen molar-refractivity contribution in [2.45, 2.75) is 44.7 Å². The van der Waals surface area contributed by atoms with Crippen molar-refractivity contribution < 1.29 is 50.3 Å². The van der Waals surface area contributed by atoms with E-state index in [0.29, 0.717) is 19.5 Å². The van der Waals surface area contributed by atoms with Crippen molar-refractivity contribution in [2.75, 3.05) is 13.1 Å². The van der Waals surface area contributed by atoms with Gasteiger partial charge in [0.15, 0.2) is 11.7 Å². The van der Waals surface area contributed by atoms with E-state index < -0.39 is 17.4 Å². The minimum Gasteiger partial charge on any atom is -0.480 e. The number of nitrogens with two attached hydrogens (primary N) is 2. The zero-order chi connectivity index (χ0) is 15.3. The third-order valence-corrected chi connectivity index (χ3v) is 3.64. The van der Waals surface area contributed by atoms with Crippen LogP contribution in [0.2, 0.25) is 0 Å². The Morgan fingerprint density at radius 2 is 1.48 bits per heavy atom. The van der Waals surface area contributed by atoms with Crippen LogP contribution in [0, 0.1) is 5.41 Å². The number of rotatable bonds is 4. The number of carboxylic acids is 2. The normalized spacial score (nSPS) is 26.8. The monoisotopic (exact) mass is 485 g/mol. The molecule has 9 heteroatoms. The van der Waals surface area contributed by atoms with Gasteiger partial charge in [0.2, 0.25) is 0 Å². The van der Waals surface area contributed by atoms with Crippen LogP contribution in [0.3, 0.4) is 0 Å². The van der Waals surface area contributed by atoms with Gasteiger partial charge in [0.1, 0.15) is 12.2 Å². The zero-order valence-electron chi connectivity index (χ0n) is 11.8. The number of carbonyl (C=O) groups is 2. The molecule has 0 unspecified atom stereocenters. The van der Waals surface area contributed by atoms with Crippen molar-refractivity contribution in [3.05, 3.63) is 0 Å². The summed E-state index contributed by atoms with van der Waals surface area (Å²) in [5.41, 5.74) is 9.36. The molecule has 1 heterocycles. The van der Waals surface area contributed by atoms with E-state index in [0.717, 1.165) is 0 Å². The van der Waals surface area contributed by atoms with E-state index in [9.17, 15) is 9.59 Å². The Morgan fingerprint density at radius 3 is 1.62 bits per heavy atom. The van der Waals surface area contributed by atoms with Gasteiger partial charge in [-0.15, -0.1) is 0 Å². The fraction of sp³-hybridized carbons (Fsp3) is 0.833. The first-order valence-corrected chi connectivity index (χ1v) is 6.55. The molecule has 0 aromatic rings. The van der Waals surface area contributed by atoms with Crippen molar-refractivity contribution >= 4 is 11.9 Å². The Morgan fingerprint density at radius 1 is 1.10 bits per heavy atom. The van der Waals surface area contributed by atoms with Crippen molar-refractivity contribution in [3.63, 3.8) is 0 Å². The molecule has 0 spiro atoms. The Hall–Kier alpha value is -0.532. The molecule has 1 aliphatic carbocycles. The molecule has 21 heavy (non-hydrogen) atoms. The molecule has 126 valence electrons. The number of carboxylic acid groups (broad SMARTS) is 2. The van der Waals surface area contributed by atoms with E-state index in [1.165, 1.54) is 0 Å². The SMILES string of the molecule is CC1O[C@@H](CN)[C@H](CN)O1.O=C(O)C1(C(=O)O)CCC1.[Pt]. The third kappa shape index (κ3) is 4.72. The molecule has 0 aromatic heterocycles. The van der Waals surface area contributed by atoms with Gasteiger partial charge in [0.05, 0.1) is 0 Å². The topological polar surface area (TPSA) is 145 Å².